The summed E-state index contributed by atoms with van der Waals surface area (Å²) in [5.74, 6) is -0.838. The van der Waals surface area contributed by atoms with E-state index in [4.69, 9.17) is 0 Å². The number of benzene rings is 1. The fourth-order valence-corrected chi connectivity index (χ4v) is 2.16. The highest BCUT2D eigenvalue weighted by molar-refractivity contribution is 5.87. The summed E-state index contributed by atoms with van der Waals surface area (Å²) in [5.41, 5.74) is -1.04. The van der Waals surface area contributed by atoms with Crippen molar-refractivity contribution in [1.82, 2.24) is 10.2 Å². The summed E-state index contributed by atoms with van der Waals surface area (Å²) in [4.78, 5) is 24.4. The molecule has 1 aromatic rings. The first kappa shape index (κ1) is 13.5. The average molecular weight is 264 g/mol. The molecule has 19 heavy (non-hydrogen) atoms. The van der Waals surface area contributed by atoms with Crippen LogP contribution >= 0.6 is 0 Å². The number of nitrogens with zero attached hydrogens (tertiary/aromatic N) is 1. The van der Waals surface area contributed by atoms with Gasteiger partial charge in [-0.05, 0) is 5.56 Å². The first-order valence-corrected chi connectivity index (χ1v) is 6.28. The molecule has 1 aliphatic rings. The van der Waals surface area contributed by atoms with E-state index in [-0.39, 0.29) is 18.9 Å². The minimum Gasteiger partial charge on any atom is -0.349 e. The van der Waals surface area contributed by atoms with Crippen molar-refractivity contribution < 1.29 is 14.0 Å². The summed E-state index contributed by atoms with van der Waals surface area (Å²) >= 11 is 0. The fourth-order valence-electron chi connectivity index (χ4n) is 2.16. The molecule has 0 aromatic heterocycles. The molecule has 1 N–H and O–H groups in total. The Balaban J connectivity index is 1.91. The molecule has 0 aliphatic carbocycles. The maximum absolute atomic E-state index is 14.4. The number of hydrogen-bond acceptors (Lipinski definition) is 2. The monoisotopic (exact) mass is 264 g/mol. The van der Waals surface area contributed by atoms with Crippen LogP contribution in [-0.4, -0.2) is 35.5 Å². The average Bonchev–Trinajstić information content (AvgIpc) is 2.81. The van der Waals surface area contributed by atoms with Gasteiger partial charge in [0.15, 0.2) is 0 Å². The summed E-state index contributed by atoms with van der Waals surface area (Å²) in [5, 5.41) is 2.59. The van der Waals surface area contributed by atoms with Crippen LogP contribution in [0.1, 0.15) is 18.9 Å². The lowest BCUT2D eigenvalue weighted by Gasteiger charge is -2.19. The molecule has 1 atom stereocenters. The lowest BCUT2D eigenvalue weighted by molar-refractivity contribution is -0.133. The standard InChI is InChI=1S/C14H17FN2O2/c1-11(18)17-8-7-14(15,10-17)13(19)16-9-12-5-3-2-4-6-12/h2-6H,7-10H2,1H3,(H,16,19). The maximum Gasteiger partial charge on any atom is 0.259 e. The van der Waals surface area contributed by atoms with Crippen LogP contribution in [0.2, 0.25) is 0 Å². The van der Waals surface area contributed by atoms with Gasteiger partial charge >= 0.3 is 0 Å². The quantitative estimate of drug-likeness (QED) is 0.893. The Hall–Kier alpha value is -1.91. The highest BCUT2D eigenvalue weighted by Crippen LogP contribution is 2.26. The number of likely N-dealkylation sites (tertiary alicyclic amines) is 1. The minimum atomic E-state index is -1.96. The fraction of sp³-hybridized carbons (Fsp3) is 0.429. The Morgan fingerprint density at radius 1 is 1.37 bits per heavy atom. The van der Waals surface area contributed by atoms with Gasteiger partial charge in [-0.15, -0.1) is 0 Å². The van der Waals surface area contributed by atoms with Gasteiger partial charge in [-0.2, -0.15) is 0 Å². The Morgan fingerprint density at radius 3 is 2.63 bits per heavy atom. The summed E-state index contributed by atoms with van der Waals surface area (Å²) in [6.07, 6.45) is 0.0627. The molecule has 1 heterocycles. The molecule has 0 radical (unpaired) electrons. The van der Waals surface area contributed by atoms with E-state index < -0.39 is 11.6 Å². The molecule has 1 unspecified atom stereocenters. The number of alkyl halides is 1. The molecular formula is C14H17FN2O2. The van der Waals surface area contributed by atoms with Gasteiger partial charge in [0.05, 0.1) is 6.54 Å². The third-order valence-corrected chi connectivity index (χ3v) is 3.37. The number of hydrogen-bond donors (Lipinski definition) is 1. The van der Waals surface area contributed by atoms with Crippen LogP contribution in [0.5, 0.6) is 0 Å². The number of carbonyl (C=O) groups is 2. The summed E-state index contributed by atoms with van der Waals surface area (Å²) in [6.45, 7) is 1.83. The molecule has 4 nitrogen and oxygen atoms in total. The zero-order chi connectivity index (χ0) is 13.9. The Bertz CT molecular complexity index is 478. The Kier molecular flexibility index (Phi) is 3.83. The summed E-state index contributed by atoms with van der Waals surface area (Å²) in [6, 6.07) is 9.33. The smallest absolute Gasteiger partial charge is 0.259 e. The van der Waals surface area contributed by atoms with Crippen molar-refractivity contribution in [2.45, 2.75) is 25.6 Å². The van der Waals surface area contributed by atoms with E-state index >= 15 is 0 Å². The van der Waals surface area contributed by atoms with Gasteiger partial charge in [-0.25, -0.2) is 4.39 Å². The van der Waals surface area contributed by atoms with Crippen molar-refractivity contribution in [2.75, 3.05) is 13.1 Å². The maximum atomic E-state index is 14.4. The van der Waals surface area contributed by atoms with Gasteiger partial charge in [-0.3, -0.25) is 9.59 Å². The molecule has 0 bridgehead atoms. The van der Waals surface area contributed by atoms with Crippen molar-refractivity contribution in [3.8, 4) is 0 Å². The molecule has 1 saturated heterocycles. The third-order valence-electron chi connectivity index (χ3n) is 3.37. The second kappa shape index (κ2) is 5.38. The highest BCUT2D eigenvalue weighted by atomic mass is 19.1. The zero-order valence-corrected chi connectivity index (χ0v) is 10.9. The van der Waals surface area contributed by atoms with Crippen LogP contribution in [0.3, 0.4) is 0 Å². The molecule has 2 amide bonds. The van der Waals surface area contributed by atoms with Crippen LogP contribution in [0.15, 0.2) is 30.3 Å². The molecule has 5 heteroatoms. The predicted molar refractivity (Wildman–Crippen MR) is 69.0 cm³/mol. The number of amides is 2. The Labute approximate surface area is 111 Å². The van der Waals surface area contributed by atoms with E-state index in [1.54, 1.807) is 0 Å². The van der Waals surface area contributed by atoms with Crippen LogP contribution < -0.4 is 5.32 Å². The van der Waals surface area contributed by atoms with Crippen LogP contribution in [-0.2, 0) is 16.1 Å². The predicted octanol–water partition coefficient (Wildman–Crippen LogP) is 1.26. The lowest BCUT2D eigenvalue weighted by atomic mass is 10.0. The number of carbonyl (C=O) groups excluding carboxylic acids is 2. The second-order valence-electron chi connectivity index (χ2n) is 4.82. The molecule has 0 saturated carbocycles. The van der Waals surface area contributed by atoms with Crippen LogP contribution in [0.25, 0.3) is 0 Å². The number of nitrogens with one attached hydrogen (secondary N) is 1. The number of halogens is 1. The van der Waals surface area contributed by atoms with Gasteiger partial charge in [0, 0.05) is 26.4 Å². The van der Waals surface area contributed by atoms with E-state index in [0.29, 0.717) is 13.1 Å². The van der Waals surface area contributed by atoms with Crippen molar-refractivity contribution >= 4 is 11.8 Å². The summed E-state index contributed by atoms with van der Waals surface area (Å²) < 4.78 is 14.4. The van der Waals surface area contributed by atoms with Crippen molar-refractivity contribution in [2.24, 2.45) is 0 Å². The van der Waals surface area contributed by atoms with Gasteiger partial charge in [0.2, 0.25) is 11.6 Å². The third kappa shape index (κ3) is 3.10. The SMILES string of the molecule is CC(=O)N1CCC(F)(C(=O)NCc2ccccc2)C1. The largest absolute Gasteiger partial charge is 0.349 e. The summed E-state index contributed by atoms with van der Waals surface area (Å²) in [7, 11) is 0. The minimum absolute atomic E-state index is 0.0627. The normalized spacial score (nSPS) is 22.3. The van der Waals surface area contributed by atoms with E-state index in [0.717, 1.165) is 5.56 Å². The van der Waals surface area contributed by atoms with Crippen molar-refractivity contribution in [3.05, 3.63) is 35.9 Å². The van der Waals surface area contributed by atoms with Gasteiger partial charge in [0.1, 0.15) is 0 Å². The molecular weight excluding hydrogens is 247 g/mol. The Morgan fingerprint density at radius 2 is 2.05 bits per heavy atom. The van der Waals surface area contributed by atoms with E-state index in [2.05, 4.69) is 5.32 Å². The molecule has 2 rings (SSSR count). The lowest BCUT2D eigenvalue weighted by Crippen LogP contribution is -2.45. The van der Waals surface area contributed by atoms with Crippen LogP contribution in [0, 0.1) is 0 Å². The molecule has 0 spiro atoms. The first-order valence-electron chi connectivity index (χ1n) is 6.28. The molecule has 1 aromatic carbocycles. The molecule has 1 fully saturated rings. The van der Waals surface area contributed by atoms with E-state index in [1.807, 2.05) is 30.3 Å². The topological polar surface area (TPSA) is 49.4 Å². The van der Waals surface area contributed by atoms with E-state index in [9.17, 15) is 14.0 Å². The molecule has 1 aliphatic heterocycles. The van der Waals surface area contributed by atoms with E-state index in [1.165, 1.54) is 11.8 Å². The second-order valence-corrected chi connectivity index (χ2v) is 4.82. The van der Waals surface area contributed by atoms with Gasteiger partial charge in [0.25, 0.3) is 5.91 Å². The van der Waals surface area contributed by atoms with Crippen LogP contribution in [0.4, 0.5) is 4.39 Å². The van der Waals surface area contributed by atoms with Crippen molar-refractivity contribution in [3.63, 3.8) is 0 Å². The van der Waals surface area contributed by atoms with Crippen molar-refractivity contribution in [1.29, 1.82) is 0 Å². The number of rotatable bonds is 3. The first-order chi connectivity index (χ1) is 9.01. The van der Waals surface area contributed by atoms with Gasteiger partial charge < -0.3 is 10.2 Å². The van der Waals surface area contributed by atoms with Gasteiger partial charge in [-0.1, -0.05) is 30.3 Å². The zero-order valence-electron chi connectivity index (χ0n) is 10.9. The molecule has 102 valence electrons. The highest BCUT2D eigenvalue weighted by Gasteiger charge is 2.45.